The molecule has 0 saturated carbocycles. The molecular weight excluding hydrogens is 616 g/mol. The van der Waals surface area contributed by atoms with Gasteiger partial charge in [0.25, 0.3) is 0 Å². The number of halogens is 2. The topological polar surface area (TPSA) is 117 Å². The summed E-state index contributed by atoms with van der Waals surface area (Å²) in [6.45, 7) is 5.60. The van der Waals surface area contributed by atoms with Crippen molar-refractivity contribution in [2.75, 3.05) is 13.4 Å². The van der Waals surface area contributed by atoms with E-state index in [0.717, 1.165) is 12.3 Å². The fraction of sp³-hybridized carbons (Fsp3) is 0.235. The molecule has 46 heavy (non-hydrogen) atoms. The normalized spacial score (nSPS) is 11.7. The molecule has 5 aromatic rings. The third kappa shape index (κ3) is 6.81. The van der Waals surface area contributed by atoms with Gasteiger partial charge in [-0.05, 0) is 56.2 Å². The minimum absolute atomic E-state index is 0.0611. The molecule has 238 valence electrons. The third-order valence-corrected chi connectivity index (χ3v) is 8.19. The van der Waals surface area contributed by atoms with Crippen LogP contribution in [0.1, 0.15) is 47.2 Å². The second-order valence-corrected chi connectivity index (χ2v) is 13.3. The maximum absolute atomic E-state index is 15.4. The van der Waals surface area contributed by atoms with Gasteiger partial charge in [-0.2, -0.15) is 0 Å². The zero-order chi connectivity index (χ0) is 33.3. The van der Waals surface area contributed by atoms with Crippen LogP contribution in [-0.2, 0) is 22.0 Å². The summed E-state index contributed by atoms with van der Waals surface area (Å²) in [6.07, 6.45) is 3.76. The largest absolute Gasteiger partial charge is 0.495 e. The van der Waals surface area contributed by atoms with Crippen molar-refractivity contribution in [2.24, 2.45) is 0 Å². The van der Waals surface area contributed by atoms with Gasteiger partial charge in [0.05, 0.1) is 29.6 Å². The number of carbonyl (C=O) groups is 1. The Labute approximate surface area is 264 Å². The van der Waals surface area contributed by atoms with Gasteiger partial charge < -0.3 is 14.0 Å². The lowest BCUT2D eigenvalue weighted by atomic mass is 9.97. The summed E-state index contributed by atoms with van der Waals surface area (Å²) in [5.41, 5.74) is 1.88. The first-order valence-electron chi connectivity index (χ1n) is 14.3. The van der Waals surface area contributed by atoms with Crippen molar-refractivity contribution in [2.45, 2.75) is 39.0 Å². The molecule has 0 aliphatic heterocycles. The molecule has 0 unspecified atom stereocenters. The van der Waals surface area contributed by atoms with Crippen molar-refractivity contribution in [3.05, 3.63) is 111 Å². The van der Waals surface area contributed by atoms with Crippen LogP contribution in [0.5, 0.6) is 17.2 Å². The first-order valence-corrected chi connectivity index (χ1v) is 16.3. The van der Waals surface area contributed by atoms with Crippen LogP contribution >= 0.6 is 0 Å². The number of carbonyl (C=O) groups excluding carboxylic acids is 1. The van der Waals surface area contributed by atoms with Crippen LogP contribution in [-0.4, -0.2) is 42.1 Å². The average Bonchev–Trinajstić information content (AvgIpc) is 2.98. The summed E-state index contributed by atoms with van der Waals surface area (Å²) in [7, 11) is -2.06. The first kappa shape index (κ1) is 32.4. The SMILES string of the molecule is COc1cc2nccc(Oc3ccc(CC(=O)c4cn(C(C)C)c(C)c(-c5ccc(F)cc5)c4=O)cc3F)c2nc1CS(C)(=O)=O. The molecule has 0 atom stereocenters. The lowest BCUT2D eigenvalue weighted by molar-refractivity contribution is 0.0991. The summed E-state index contributed by atoms with van der Waals surface area (Å²) >= 11 is 0. The van der Waals surface area contributed by atoms with E-state index in [1.807, 2.05) is 18.4 Å². The molecule has 0 bridgehead atoms. The van der Waals surface area contributed by atoms with Crippen molar-refractivity contribution in [3.8, 4) is 28.4 Å². The zero-order valence-corrected chi connectivity index (χ0v) is 26.6. The number of pyridine rings is 3. The monoisotopic (exact) mass is 647 g/mol. The second kappa shape index (κ2) is 12.8. The quantitative estimate of drug-likeness (QED) is 0.160. The number of ether oxygens (including phenoxy) is 2. The van der Waals surface area contributed by atoms with Gasteiger partial charge in [0.15, 0.2) is 38.4 Å². The van der Waals surface area contributed by atoms with Gasteiger partial charge >= 0.3 is 0 Å². The Morgan fingerprint density at radius 2 is 1.72 bits per heavy atom. The number of rotatable bonds is 10. The van der Waals surface area contributed by atoms with Crippen LogP contribution < -0.4 is 14.9 Å². The van der Waals surface area contributed by atoms with E-state index in [4.69, 9.17) is 9.47 Å². The van der Waals surface area contributed by atoms with E-state index in [2.05, 4.69) is 9.97 Å². The van der Waals surface area contributed by atoms with Gasteiger partial charge in [0, 0.05) is 54.5 Å². The number of methoxy groups -OCH3 is 1. The molecule has 0 spiro atoms. The molecule has 0 radical (unpaired) electrons. The van der Waals surface area contributed by atoms with E-state index in [1.54, 1.807) is 6.92 Å². The van der Waals surface area contributed by atoms with Crippen LogP contribution in [0.25, 0.3) is 22.2 Å². The van der Waals surface area contributed by atoms with E-state index < -0.39 is 32.7 Å². The first-order chi connectivity index (χ1) is 21.8. The Kier molecular flexibility index (Phi) is 9.02. The second-order valence-electron chi connectivity index (χ2n) is 11.2. The third-order valence-electron chi connectivity index (χ3n) is 7.39. The minimum atomic E-state index is -3.45. The molecule has 2 aromatic carbocycles. The average molecular weight is 648 g/mol. The van der Waals surface area contributed by atoms with Crippen molar-refractivity contribution in [1.29, 1.82) is 0 Å². The molecular formula is C34H31F2N3O6S. The minimum Gasteiger partial charge on any atom is -0.495 e. The van der Waals surface area contributed by atoms with Gasteiger partial charge in [-0.25, -0.2) is 22.2 Å². The molecule has 0 fully saturated rings. The van der Waals surface area contributed by atoms with Crippen molar-refractivity contribution in [3.63, 3.8) is 0 Å². The number of ketones is 1. The number of aromatic nitrogens is 3. The predicted molar refractivity (Wildman–Crippen MR) is 170 cm³/mol. The highest BCUT2D eigenvalue weighted by atomic mass is 32.2. The number of sulfone groups is 1. The number of hydrogen-bond acceptors (Lipinski definition) is 8. The van der Waals surface area contributed by atoms with E-state index >= 15 is 4.39 Å². The Balaban J connectivity index is 1.45. The number of nitrogens with zero attached hydrogens (tertiary/aromatic N) is 3. The number of benzene rings is 2. The summed E-state index contributed by atoms with van der Waals surface area (Å²) in [6, 6.07) is 12.4. The molecule has 3 heterocycles. The van der Waals surface area contributed by atoms with Crippen LogP contribution in [0, 0.1) is 18.6 Å². The highest BCUT2D eigenvalue weighted by Gasteiger charge is 2.22. The van der Waals surface area contributed by atoms with Gasteiger partial charge in [-0.1, -0.05) is 18.2 Å². The standard InChI is InChI=1S/C34H31F2N3O6S/c1-19(2)39-17-24(34(41)32(20(39)3)22-7-9-23(35)10-8-22)28(40)15-21-6-11-29(25(36)14-21)45-30-12-13-37-26-16-31(44-4)27(38-33(26)30)18-46(5,42)43/h6-14,16-17,19H,15,18H2,1-5H3. The highest BCUT2D eigenvalue weighted by molar-refractivity contribution is 7.89. The maximum atomic E-state index is 15.4. The number of Topliss-reactive ketones (excluding diaryl/α,β-unsaturated/α-hetero) is 1. The summed E-state index contributed by atoms with van der Waals surface area (Å²) in [4.78, 5) is 35.7. The van der Waals surface area contributed by atoms with E-state index in [9.17, 15) is 22.4 Å². The predicted octanol–water partition coefficient (Wildman–Crippen LogP) is 6.40. The smallest absolute Gasteiger partial charge is 0.200 e. The molecule has 9 nitrogen and oxygen atoms in total. The fourth-order valence-corrected chi connectivity index (χ4v) is 5.93. The van der Waals surface area contributed by atoms with E-state index in [-0.39, 0.29) is 52.2 Å². The van der Waals surface area contributed by atoms with Gasteiger partial charge in [-0.3, -0.25) is 14.6 Å². The van der Waals surface area contributed by atoms with Gasteiger partial charge in [0.1, 0.15) is 17.1 Å². The molecule has 0 saturated heterocycles. The lowest BCUT2D eigenvalue weighted by Crippen LogP contribution is -2.24. The maximum Gasteiger partial charge on any atom is 0.200 e. The van der Waals surface area contributed by atoms with Gasteiger partial charge in [-0.15, -0.1) is 0 Å². The fourth-order valence-electron chi connectivity index (χ4n) is 5.23. The Bertz CT molecular complexity index is 2150. The summed E-state index contributed by atoms with van der Waals surface area (Å²) in [5.74, 6) is -1.90. The Morgan fingerprint density at radius 1 is 1.00 bits per heavy atom. The Hall–Kier alpha value is -4.97. The van der Waals surface area contributed by atoms with Crippen LogP contribution in [0.4, 0.5) is 8.78 Å². The van der Waals surface area contributed by atoms with Crippen molar-refractivity contribution >= 4 is 26.7 Å². The molecule has 3 aromatic heterocycles. The van der Waals surface area contributed by atoms with Crippen molar-refractivity contribution in [1.82, 2.24) is 14.5 Å². The number of hydrogen-bond donors (Lipinski definition) is 0. The molecule has 12 heteroatoms. The van der Waals surface area contributed by atoms with Crippen LogP contribution in [0.15, 0.2) is 71.8 Å². The molecule has 0 N–H and O–H groups in total. The number of fused-ring (bicyclic) bond motifs is 1. The molecule has 0 amide bonds. The van der Waals surface area contributed by atoms with E-state index in [1.165, 1.54) is 68.0 Å². The summed E-state index contributed by atoms with van der Waals surface area (Å²) in [5, 5.41) is 0. The lowest BCUT2D eigenvalue weighted by Gasteiger charge is -2.20. The Morgan fingerprint density at radius 3 is 2.35 bits per heavy atom. The van der Waals surface area contributed by atoms with Crippen molar-refractivity contribution < 1.29 is 31.5 Å². The van der Waals surface area contributed by atoms with Crippen LogP contribution in [0.2, 0.25) is 0 Å². The highest BCUT2D eigenvalue weighted by Crippen LogP contribution is 2.33. The zero-order valence-electron chi connectivity index (χ0n) is 25.8. The van der Waals surface area contributed by atoms with E-state index in [0.29, 0.717) is 27.9 Å². The van der Waals surface area contributed by atoms with Crippen LogP contribution in [0.3, 0.4) is 0 Å². The van der Waals surface area contributed by atoms with Gasteiger partial charge in [0.2, 0.25) is 0 Å². The summed E-state index contributed by atoms with van der Waals surface area (Å²) < 4.78 is 65.8. The molecule has 0 aliphatic carbocycles. The molecule has 0 aliphatic rings. The molecule has 5 rings (SSSR count).